The number of rotatable bonds is 7. The molecule has 2 fully saturated rings. The van der Waals surface area contributed by atoms with E-state index in [0.29, 0.717) is 5.92 Å². The van der Waals surface area contributed by atoms with E-state index in [1.54, 1.807) is 11.5 Å². The molecular weight excluding hydrogens is 282 g/mol. The molecule has 2 heterocycles. The molecule has 0 radical (unpaired) electrons. The number of nitrogens with two attached hydrogens (primary N) is 1. The van der Waals surface area contributed by atoms with Crippen LogP contribution in [0.25, 0.3) is 0 Å². The molecule has 1 saturated heterocycles. The second-order valence-electron chi connectivity index (χ2n) is 6.24. The van der Waals surface area contributed by atoms with Crippen molar-refractivity contribution in [3.8, 4) is 0 Å². The van der Waals surface area contributed by atoms with Gasteiger partial charge in [0.2, 0.25) is 5.13 Å². The molecule has 21 heavy (non-hydrogen) atoms. The predicted octanol–water partition coefficient (Wildman–Crippen LogP) is 2.06. The molecule has 2 N–H and O–H groups in total. The summed E-state index contributed by atoms with van der Waals surface area (Å²) >= 11 is 1.59. The Hall–Kier alpha value is -0.720. The van der Waals surface area contributed by atoms with Gasteiger partial charge in [0, 0.05) is 37.1 Å². The van der Waals surface area contributed by atoms with Crippen LogP contribution in [0.3, 0.4) is 0 Å². The number of hydrogen-bond acceptors (Lipinski definition) is 6. The fraction of sp³-hybridized carbons (Fsp3) is 0.867. The summed E-state index contributed by atoms with van der Waals surface area (Å²) in [5, 5.41) is 1.14. The van der Waals surface area contributed by atoms with Gasteiger partial charge < -0.3 is 15.5 Å². The van der Waals surface area contributed by atoms with Crippen LogP contribution in [0, 0.1) is 0 Å². The minimum Gasteiger partial charge on any atom is -0.346 e. The quantitative estimate of drug-likeness (QED) is 0.781. The van der Waals surface area contributed by atoms with Gasteiger partial charge in [-0.15, -0.1) is 0 Å². The topological polar surface area (TPSA) is 58.3 Å². The second-order valence-corrected chi connectivity index (χ2v) is 6.97. The lowest BCUT2D eigenvalue weighted by molar-refractivity contribution is 0.286. The molecule has 2 aliphatic rings. The summed E-state index contributed by atoms with van der Waals surface area (Å²) < 4.78 is 4.54. The molecule has 1 saturated carbocycles. The van der Waals surface area contributed by atoms with E-state index in [4.69, 9.17) is 10.7 Å². The average Bonchev–Trinajstić information content (AvgIpc) is 3.28. The molecule has 3 rings (SSSR count). The minimum absolute atomic E-state index is 0.668. The largest absolute Gasteiger partial charge is 0.346 e. The van der Waals surface area contributed by atoms with Crippen LogP contribution in [0.4, 0.5) is 5.13 Å². The van der Waals surface area contributed by atoms with E-state index in [2.05, 4.69) is 14.2 Å². The van der Waals surface area contributed by atoms with Crippen molar-refractivity contribution in [2.45, 2.75) is 44.4 Å². The summed E-state index contributed by atoms with van der Waals surface area (Å²) in [4.78, 5) is 9.78. The highest BCUT2D eigenvalue weighted by atomic mass is 32.1. The molecular formula is C15H27N5S. The maximum absolute atomic E-state index is 5.55. The van der Waals surface area contributed by atoms with Crippen molar-refractivity contribution in [2.75, 3.05) is 44.2 Å². The van der Waals surface area contributed by atoms with Crippen molar-refractivity contribution >= 4 is 16.7 Å². The first kappa shape index (κ1) is 15.2. The summed E-state index contributed by atoms with van der Waals surface area (Å²) in [5.74, 6) is 1.76. The SMILES string of the molecule is NCCCCCN1CCCN(c2nc(C3CC3)ns2)CC1. The zero-order chi connectivity index (χ0) is 14.5. The van der Waals surface area contributed by atoms with E-state index in [-0.39, 0.29) is 0 Å². The smallest absolute Gasteiger partial charge is 0.205 e. The van der Waals surface area contributed by atoms with Crippen molar-refractivity contribution in [3.63, 3.8) is 0 Å². The zero-order valence-corrected chi connectivity index (χ0v) is 13.7. The Morgan fingerprint density at radius 2 is 2.00 bits per heavy atom. The van der Waals surface area contributed by atoms with Gasteiger partial charge in [-0.25, -0.2) is 4.98 Å². The van der Waals surface area contributed by atoms with Crippen LogP contribution in [-0.2, 0) is 0 Å². The molecule has 0 unspecified atom stereocenters. The third-order valence-electron chi connectivity index (χ3n) is 4.41. The van der Waals surface area contributed by atoms with Crippen LogP contribution < -0.4 is 10.6 Å². The first-order chi connectivity index (χ1) is 10.4. The molecule has 0 bridgehead atoms. The molecule has 0 amide bonds. The van der Waals surface area contributed by atoms with Crippen molar-refractivity contribution in [1.29, 1.82) is 0 Å². The van der Waals surface area contributed by atoms with Crippen molar-refractivity contribution in [3.05, 3.63) is 5.82 Å². The number of hydrogen-bond donors (Lipinski definition) is 1. The Morgan fingerprint density at radius 1 is 1.10 bits per heavy atom. The second kappa shape index (κ2) is 7.51. The van der Waals surface area contributed by atoms with Crippen LogP contribution in [-0.4, -0.2) is 53.5 Å². The summed E-state index contributed by atoms with van der Waals surface area (Å²) in [5.41, 5.74) is 5.55. The molecule has 1 aromatic rings. The Kier molecular flexibility index (Phi) is 5.43. The molecule has 0 aromatic carbocycles. The predicted molar refractivity (Wildman–Crippen MR) is 88.1 cm³/mol. The third-order valence-corrected chi connectivity index (χ3v) is 5.20. The van der Waals surface area contributed by atoms with Gasteiger partial charge in [-0.3, -0.25) is 0 Å². The molecule has 1 aliphatic heterocycles. The molecule has 5 nitrogen and oxygen atoms in total. The standard InChI is InChI=1S/C15H27N5S/c16-7-2-1-3-8-19-9-4-10-20(12-11-19)15-17-14(18-21-15)13-5-6-13/h13H,1-12,16H2. The molecule has 1 aromatic heterocycles. The van der Waals surface area contributed by atoms with Crippen molar-refractivity contribution < 1.29 is 0 Å². The monoisotopic (exact) mass is 309 g/mol. The van der Waals surface area contributed by atoms with Gasteiger partial charge in [-0.2, -0.15) is 4.37 Å². The molecule has 0 spiro atoms. The van der Waals surface area contributed by atoms with Gasteiger partial charge >= 0.3 is 0 Å². The van der Waals surface area contributed by atoms with E-state index in [1.807, 2.05) is 0 Å². The Bertz CT molecular complexity index is 431. The highest BCUT2D eigenvalue weighted by Crippen LogP contribution is 2.39. The number of anilines is 1. The van der Waals surface area contributed by atoms with Gasteiger partial charge in [0.25, 0.3) is 0 Å². The lowest BCUT2D eigenvalue weighted by Crippen LogP contribution is -2.31. The number of unbranched alkanes of at least 4 members (excludes halogenated alkanes) is 2. The van der Waals surface area contributed by atoms with Crippen molar-refractivity contribution in [2.24, 2.45) is 5.73 Å². The van der Waals surface area contributed by atoms with Gasteiger partial charge in [0.05, 0.1) is 0 Å². The molecule has 0 atom stereocenters. The van der Waals surface area contributed by atoms with Gasteiger partial charge in [0.1, 0.15) is 5.82 Å². The summed E-state index contributed by atoms with van der Waals surface area (Å²) in [6.45, 7) is 6.63. The fourth-order valence-electron chi connectivity index (χ4n) is 2.90. The lowest BCUT2D eigenvalue weighted by atomic mass is 10.2. The lowest BCUT2D eigenvalue weighted by Gasteiger charge is -2.21. The van der Waals surface area contributed by atoms with Crippen molar-refractivity contribution in [1.82, 2.24) is 14.3 Å². The molecule has 1 aliphatic carbocycles. The van der Waals surface area contributed by atoms with E-state index in [9.17, 15) is 0 Å². The van der Waals surface area contributed by atoms with Gasteiger partial charge in [-0.1, -0.05) is 6.42 Å². The van der Waals surface area contributed by atoms with Crippen LogP contribution >= 0.6 is 11.5 Å². The maximum Gasteiger partial charge on any atom is 0.205 e. The number of aromatic nitrogens is 2. The van der Waals surface area contributed by atoms with Crippen LogP contribution in [0.15, 0.2) is 0 Å². The van der Waals surface area contributed by atoms with E-state index in [1.165, 1.54) is 45.2 Å². The normalized spacial score (nSPS) is 20.7. The highest BCUT2D eigenvalue weighted by molar-refractivity contribution is 7.09. The fourth-order valence-corrected chi connectivity index (χ4v) is 3.70. The maximum atomic E-state index is 5.55. The van der Waals surface area contributed by atoms with Gasteiger partial charge in [0.15, 0.2) is 0 Å². The van der Waals surface area contributed by atoms with E-state index >= 15 is 0 Å². The minimum atomic E-state index is 0.668. The van der Waals surface area contributed by atoms with E-state index in [0.717, 1.165) is 43.6 Å². The Balaban J connectivity index is 1.45. The molecule has 6 heteroatoms. The Morgan fingerprint density at radius 3 is 2.81 bits per heavy atom. The zero-order valence-electron chi connectivity index (χ0n) is 12.8. The third kappa shape index (κ3) is 4.37. The van der Waals surface area contributed by atoms with Crippen LogP contribution in [0.1, 0.15) is 50.3 Å². The first-order valence-corrected chi connectivity index (χ1v) is 9.15. The van der Waals surface area contributed by atoms with Gasteiger partial charge in [-0.05, 0) is 51.7 Å². The number of nitrogens with zero attached hydrogens (tertiary/aromatic N) is 4. The summed E-state index contributed by atoms with van der Waals surface area (Å²) in [6.07, 6.45) is 7.50. The summed E-state index contributed by atoms with van der Waals surface area (Å²) in [7, 11) is 0. The van der Waals surface area contributed by atoms with E-state index < -0.39 is 0 Å². The van der Waals surface area contributed by atoms with Crippen LogP contribution in [0.5, 0.6) is 0 Å². The van der Waals surface area contributed by atoms with Crippen LogP contribution in [0.2, 0.25) is 0 Å². The first-order valence-electron chi connectivity index (χ1n) is 8.38. The summed E-state index contributed by atoms with van der Waals surface area (Å²) in [6, 6.07) is 0. The average molecular weight is 309 g/mol. The highest BCUT2D eigenvalue weighted by Gasteiger charge is 2.28. The molecule has 118 valence electrons. The Labute approximate surface area is 131 Å².